The molecule has 4 nitrogen and oxygen atoms in total. The summed E-state index contributed by atoms with van der Waals surface area (Å²) in [6.45, 7) is 9.98. The number of hydrogen-bond acceptors (Lipinski definition) is 4. The van der Waals surface area contributed by atoms with Crippen molar-refractivity contribution in [3.63, 3.8) is 0 Å². The van der Waals surface area contributed by atoms with Gasteiger partial charge in [-0.3, -0.25) is 9.78 Å². The monoisotopic (exact) mass is 422 g/mol. The van der Waals surface area contributed by atoms with Gasteiger partial charge in [0.2, 0.25) is 0 Å². The Morgan fingerprint density at radius 2 is 1.85 bits per heavy atom. The molecular formula is C21H31BrN2O2. The second-order valence-corrected chi connectivity index (χ2v) is 9.16. The minimum absolute atomic E-state index is 0.0927. The summed E-state index contributed by atoms with van der Waals surface area (Å²) >= 11 is 3.78. The van der Waals surface area contributed by atoms with Gasteiger partial charge in [0.05, 0.1) is 28.4 Å². The fourth-order valence-corrected chi connectivity index (χ4v) is 5.34. The van der Waals surface area contributed by atoms with E-state index in [2.05, 4.69) is 25.8 Å². The molecule has 0 amide bonds. The molecule has 0 bridgehead atoms. The van der Waals surface area contributed by atoms with Crippen molar-refractivity contribution in [1.29, 1.82) is 0 Å². The van der Waals surface area contributed by atoms with Crippen molar-refractivity contribution in [2.45, 2.75) is 78.7 Å². The van der Waals surface area contributed by atoms with Gasteiger partial charge in [0.1, 0.15) is 0 Å². The lowest BCUT2D eigenvalue weighted by atomic mass is 9.78. The van der Waals surface area contributed by atoms with Gasteiger partial charge in [-0.25, -0.2) is 0 Å². The maximum absolute atomic E-state index is 12.4. The Morgan fingerprint density at radius 1 is 1.19 bits per heavy atom. The first kappa shape index (κ1) is 19.7. The fraction of sp³-hybridized carbons (Fsp3) is 0.714. The van der Waals surface area contributed by atoms with Crippen molar-refractivity contribution in [1.82, 2.24) is 4.98 Å². The van der Waals surface area contributed by atoms with Gasteiger partial charge in [-0.05, 0) is 74.7 Å². The van der Waals surface area contributed by atoms with Crippen molar-refractivity contribution in [2.24, 2.45) is 5.41 Å². The third-order valence-corrected chi connectivity index (χ3v) is 6.86. The first-order chi connectivity index (χ1) is 12.3. The van der Waals surface area contributed by atoms with Crippen LogP contribution in [0.2, 0.25) is 0 Å². The smallest absolute Gasteiger partial charge is 0.310 e. The summed E-state index contributed by atoms with van der Waals surface area (Å²) in [4.78, 5) is 19.6. The van der Waals surface area contributed by atoms with Gasteiger partial charge in [-0.15, -0.1) is 0 Å². The first-order valence-electron chi connectivity index (χ1n) is 9.91. The van der Waals surface area contributed by atoms with Crippen molar-refractivity contribution < 1.29 is 9.53 Å². The van der Waals surface area contributed by atoms with Crippen LogP contribution in [0.4, 0.5) is 5.69 Å². The Labute approximate surface area is 165 Å². The normalized spacial score (nSPS) is 19.4. The number of anilines is 1. The van der Waals surface area contributed by atoms with Crippen molar-refractivity contribution in [3.8, 4) is 0 Å². The standard InChI is InChI=1S/C21H31BrN2O2/c1-14(2)26-18(25)12-17-15(3)23-16(4)19(22)20(17)24-11-7-10-21(13-24)8-5-6-9-21/h14H,5-13H2,1-4H3. The van der Waals surface area contributed by atoms with E-state index in [1.54, 1.807) is 0 Å². The van der Waals surface area contributed by atoms with Gasteiger partial charge in [-0.1, -0.05) is 12.8 Å². The van der Waals surface area contributed by atoms with Gasteiger partial charge >= 0.3 is 5.97 Å². The number of aryl methyl sites for hydroxylation is 2. The van der Waals surface area contributed by atoms with E-state index >= 15 is 0 Å². The van der Waals surface area contributed by atoms with Crippen molar-refractivity contribution in [3.05, 3.63) is 21.4 Å². The largest absolute Gasteiger partial charge is 0.463 e. The second-order valence-electron chi connectivity index (χ2n) is 8.37. The van der Waals surface area contributed by atoms with E-state index in [4.69, 9.17) is 4.74 Å². The molecule has 1 aliphatic heterocycles. The summed E-state index contributed by atoms with van der Waals surface area (Å²) in [7, 11) is 0. The molecule has 1 spiro atoms. The molecule has 1 aromatic rings. The highest BCUT2D eigenvalue weighted by Crippen LogP contribution is 2.47. The molecule has 0 atom stereocenters. The zero-order valence-electron chi connectivity index (χ0n) is 16.5. The van der Waals surface area contributed by atoms with Gasteiger partial charge in [0, 0.05) is 24.3 Å². The zero-order chi connectivity index (χ0) is 18.9. The molecule has 3 rings (SSSR count). The predicted molar refractivity (Wildman–Crippen MR) is 109 cm³/mol. The quantitative estimate of drug-likeness (QED) is 0.631. The number of carbonyl (C=O) groups excluding carboxylic acids is 1. The van der Waals surface area contributed by atoms with Gasteiger partial charge in [0.25, 0.3) is 0 Å². The number of aromatic nitrogens is 1. The van der Waals surface area contributed by atoms with E-state index in [0.717, 1.165) is 34.5 Å². The van der Waals surface area contributed by atoms with Crippen LogP contribution in [-0.2, 0) is 16.0 Å². The molecule has 1 saturated carbocycles. The number of hydrogen-bond donors (Lipinski definition) is 0. The van der Waals surface area contributed by atoms with E-state index in [1.807, 2.05) is 27.7 Å². The highest BCUT2D eigenvalue weighted by molar-refractivity contribution is 9.10. The molecule has 2 fully saturated rings. The van der Waals surface area contributed by atoms with E-state index in [9.17, 15) is 4.79 Å². The number of halogens is 1. The molecule has 1 aliphatic carbocycles. The van der Waals surface area contributed by atoms with Crippen LogP contribution in [0.15, 0.2) is 4.47 Å². The Bertz CT molecular complexity index is 681. The maximum Gasteiger partial charge on any atom is 0.310 e. The lowest BCUT2D eigenvalue weighted by molar-refractivity contribution is -0.146. The zero-order valence-corrected chi connectivity index (χ0v) is 18.1. The van der Waals surface area contributed by atoms with Gasteiger partial charge in [0.15, 0.2) is 0 Å². The van der Waals surface area contributed by atoms with Crippen LogP contribution in [0.3, 0.4) is 0 Å². The molecule has 0 aromatic carbocycles. The average molecular weight is 423 g/mol. The van der Waals surface area contributed by atoms with Crippen LogP contribution in [0, 0.1) is 19.3 Å². The second kappa shape index (κ2) is 7.87. The number of rotatable bonds is 4. The summed E-state index contributed by atoms with van der Waals surface area (Å²) in [5, 5.41) is 0. The molecule has 26 heavy (non-hydrogen) atoms. The molecule has 1 aromatic heterocycles. The summed E-state index contributed by atoms with van der Waals surface area (Å²) < 4.78 is 6.45. The van der Waals surface area contributed by atoms with E-state index < -0.39 is 0 Å². The van der Waals surface area contributed by atoms with E-state index in [0.29, 0.717) is 5.41 Å². The SMILES string of the molecule is Cc1nc(C)c(CC(=O)OC(C)C)c(N2CCCC3(CCCC3)C2)c1Br. The third-order valence-electron chi connectivity index (χ3n) is 5.91. The van der Waals surface area contributed by atoms with Crippen molar-refractivity contribution in [2.75, 3.05) is 18.0 Å². The molecule has 0 radical (unpaired) electrons. The van der Waals surface area contributed by atoms with Crippen molar-refractivity contribution >= 4 is 27.6 Å². The highest BCUT2D eigenvalue weighted by Gasteiger charge is 2.39. The third kappa shape index (κ3) is 4.08. The molecule has 144 valence electrons. The molecular weight excluding hydrogens is 392 g/mol. The Kier molecular flexibility index (Phi) is 5.95. The summed E-state index contributed by atoms with van der Waals surface area (Å²) in [5.74, 6) is -0.172. The first-order valence-corrected chi connectivity index (χ1v) is 10.7. The molecule has 5 heteroatoms. The van der Waals surface area contributed by atoms with Crippen LogP contribution in [-0.4, -0.2) is 30.1 Å². The van der Waals surface area contributed by atoms with Crippen LogP contribution >= 0.6 is 15.9 Å². The topological polar surface area (TPSA) is 42.4 Å². The summed E-state index contributed by atoms with van der Waals surface area (Å²) in [6, 6.07) is 0. The number of carbonyl (C=O) groups is 1. The molecule has 1 saturated heterocycles. The Hall–Kier alpha value is -1.10. The lowest BCUT2D eigenvalue weighted by Gasteiger charge is -2.43. The van der Waals surface area contributed by atoms with E-state index in [-0.39, 0.29) is 18.5 Å². The van der Waals surface area contributed by atoms with Gasteiger partial charge < -0.3 is 9.64 Å². The van der Waals surface area contributed by atoms with E-state index in [1.165, 1.54) is 44.2 Å². The Morgan fingerprint density at radius 3 is 2.50 bits per heavy atom. The van der Waals surface area contributed by atoms with Crippen LogP contribution in [0.1, 0.15) is 69.3 Å². The average Bonchev–Trinajstić information content (AvgIpc) is 2.99. The highest BCUT2D eigenvalue weighted by atomic mass is 79.9. The van der Waals surface area contributed by atoms with Crippen LogP contribution in [0.25, 0.3) is 0 Å². The number of ether oxygens (including phenoxy) is 1. The van der Waals surface area contributed by atoms with Gasteiger partial charge in [-0.2, -0.15) is 0 Å². The van der Waals surface area contributed by atoms with Crippen LogP contribution < -0.4 is 4.90 Å². The number of esters is 1. The number of piperidine rings is 1. The Balaban J connectivity index is 1.95. The summed E-state index contributed by atoms with van der Waals surface area (Å²) in [6.07, 6.45) is 8.16. The maximum atomic E-state index is 12.4. The number of pyridine rings is 1. The number of nitrogens with zero attached hydrogens (tertiary/aromatic N) is 2. The molecule has 2 heterocycles. The lowest BCUT2D eigenvalue weighted by Crippen LogP contribution is -2.42. The summed E-state index contributed by atoms with van der Waals surface area (Å²) in [5.41, 5.74) is 4.58. The molecule has 0 unspecified atom stereocenters. The predicted octanol–water partition coefficient (Wildman–Crippen LogP) is 5.12. The minimum Gasteiger partial charge on any atom is -0.463 e. The molecule has 2 aliphatic rings. The molecule has 0 N–H and O–H groups in total. The fourth-order valence-electron chi connectivity index (χ4n) is 4.77. The van der Waals surface area contributed by atoms with Crippen LogP contribution in [0.5, 0.6) is 0 Å². The minimum atomic E-state index is -0.172.